The highest BCUT2D eigenvalue weighted by molar-refractivity contribution is 5.04. The molecule has 0 heterocycles. The van der Waals surface area contributed by atoms with Crippen LogP contribution in [-0.4, -0.2) is 12.7 Å². The van der Waals surface area contributed by atoms with Crippen LogP contribution in [-0.2, 0) is 4.74 Å². The van der Waals surface area contributed by atoms with Crippen LogP contribution in [0.25, 0.3) is 0 Å². The van der Waals surface area contributed by atoms with Gasteiger partial charge in [-0.2, -0.15) is 0 Å². The molecule has 0 aromatic heterocycles. The van der Waals surface area contributed by atoms with Crippen molar-refractivity contribution in [3.63, 3.8) is 0 Å². The van der Waals surface area contributed by atoms with Gasteiger partial charge in [0.25, 0.3) is 0 Å². The molecule has 2 N–H and O–H groups in total. The van der Waals surface area contributed by atoms with Crippen molar-refractivity contribution in [1.29, 1.82) is 0 Å². The SMILES string of the molecule is C[C@@H]1CC(N)=CCC1OCC1CC1. The van der Waals surface area contributed by atoms with E-state index in [4.69, 9.17) is 10.5 Å². The molecule has 2 aliphatic rings. The largest absolute Gasteiger partial charge is 0.402 e. The standard InChI is InChI=1S/C11H19NO/c1-8-6-10(12)4-5-11(8)13-7-9-2-3-9/h4,8-9,11H,2-3,5-7,12H2,1H3/t8-,11?/m1/s1. The van der Waals surface area contributed by atoms with Gasteiger partial charge in [0, 0.05) is 12.3 Å². The highest BCUT2D eigenvalue weighted by Gasteiger charge is 2.26. The molecule has 1 unspecified atom stereocenters. The fourth-order valence-corrected chi connectivity index (χ4v) is 1.86. The molecule has 1 saturated carbocycles. The van der Waals surface area contributed by atoms with Gasteiger partial charge in [0.05, 0.1) is 6.10 Å². The molecule has 0 amide bonds. The van der Waals surface area contributed by atoms with E-state index in [1.54, 1.807) is 0 Å². The zero-order valence-electron chi connectivity index (χ0n) is 8.33. The van der Waals surface area contributed by atoms with Crippen molar-refractivity contribution in [2.75, 3.05) is 6.61 Å². The highest BCUT2D eigenvalue weighted by atomic mass is 16.5. The summed E-state index contributed by atoms with van der Waals surface area (Å²) in [5, 5.41) is 0. The lowest BCUT2D eigenvalue weighted by Gasteiger charge is -2.27. The van der Waals surface area contributed by atoms with Crippen LogP contribution in [0.1, 0.15) is 32.6 Å². The molecule has 0 aliphatic heterocycles. The third-order valence-electron chi connectivity index (χ3n) is 3.05. The zero-order chi connectivity index (χ0) is 9.26. The van der Waals surface area contributed by atoms with E-state index in [9.17, 15) is 0 Å². The summed E-state index contributed by atoms with van der Waals surface area (Å²) in [6.45, 7) is 3.21. The first kappa shape index (κ1) is 9.07. The van der Waals surface area contributed by atoms with Crippen molar-refractivity contribution < 1.29 is 4.74 Å². The van der Waals surface area contributed by atoms with Gasteiger partial charge in [0.15, 0.2) is 0 Å². The molecule has 2 aliphatic carbocycles. The molecule has 74 valence electrons. The summed E-state index contributed by atoms with van der Waals surface area (Å²) in [6.07, 6.45) is 7.32. The molecule has 2 rings (SSSR count). The van der Waals surface area contributed by atoms with E-state index < -0.39 is 0 Å². The average Bonchev–Trinajstić information content (AvgIpc) is 2.86. The van der Waals surface area contributed by atoms with E-state index in [0.29, 0.717) is 12.0 Å². The van der Waals surface area contributed by atoms with Gasteiger partial charge in [-0.05, 0) is 37.5 Å². The number of hydrogen-bond acceptors (Lipinski definition) is 2. The van der Waals surface area contributed by atoms with Crippen LogP contribution in [0.5, 0.6) is 0 Å². The van der Waals surface area contributed by atoms with Crippen LogP contribution < -0.4 is 5.73 Å². The number of ether oxygens (including phenoxy) is 1. The molecule has 0 aromatic rings. The van der Waals surface area contributed by atoms with Crippen LogP contribution in [0.2, 0.25) is 0 Å². The highest BCUT2D eigenvalue weighted by Crippen LogP contribution is 2.31. The topological polar surface area (TPSA) is 35.2 Å². The maximum absolute atomic E-state index is 5.87. The van der Waals surface area contributed by atoms with Gasteiger partial charge in [-0.3, -0.25) is 0 Å². The summed E-state index contributed by atoms with van der Waals surface area (Å²) in [5.41, 5.74) is 6.80. The number of allylic oxidation sites excluding steroid dienone is 1. The van der Waals surface area contributed by atoms with E-state index >= 15 is 0 Å². The third kappa shape index (κ3) is 2.47. The molecule has 13 heavy (non-hydrogen) atoms. The normalized spacial score (nSPS) is 34.4. The fraction of sp³-hybridized carbons (Fsp3) is 0.818. The number of hydrogen-bond donors (Lipinski definition) is 1. The summed E-state index contributed by atoms with van der Waals surface area (Å²) in [4.78, 5) is 0. The second kappa shape index (κ2) is 3.70. The second-order valence-electron chi connectivity index (χ2n) is 4.51. The molecular formula is C11H19NO. The van der Waals surface area contributed by atoms with E-state index in [1.165, 1.54) is 12.8 Å². The van der Waals surface area contributed by atoms with Crippen molar-refractivity contribution in [2.45, 2.75) is 38.7 Å². The van der Waals surface area contributed by atoms with E-state index in [2.05, 4.69) is 13.0 Å². The number of rotatable bonds is 3. The van der Waals surface area contributed by atoms with Crippen molar-refractivity contribution in [2.24, 2.45) is 17.6 Å². The first-order valence-electron chi connectivity index (χ1n) is 5.32. The Morgan fingerprint density at radius 3 is 2.92 bits per heavy atom. The van der Waals surface area contributed by atoms with Gasteiger partial charge in [-0.15, -0.1) is 0 Å². The zero-order valence-corrected chi connectivity index (χ0v) is 8.33. The van der Waals surface area contributed by atoms with Gasteiger partial charge in [-0.1, -0.05) is 13.0 Å². The monoisotopic (exact) mass is 181 g/mol. The molecular weight excluding hydrogens is 162 g/mol. The first-order valence-corrected chi connectivity index (χ1v) is 5.32. The minimum absolute atomic E-state index is 0.424. The molecule has 0 radical (unpaired) electrons. The lowest BCUT2D eigenvalue weighted by Crippen LogP contribution is -2.27. The van der Waals surface area contributed by atoms with Crippen LogP contribution in [0, 0.1) is 11.8 Å². The summed E-state index contributed by atoms with van der Waals surface area (Å²) in [6, 6.07) is 0. The van der Waals surface area contributed by atoms with Crippen LogP contribution in [0.4, 0.5) is 0 Å². The van der Waals surface area contributed by atoms with Gasteiger partial charge in [0.2, 0.25) is 0 Å². The lowest BCUT2D eigenvalue weighted by molar-refractivity contribution is 0.00950. The van der Waals surface area contributed by atoms with Crippen molar-refractivity contribution in [3.8, 4) is 0 Å². The quantitative estimate of drug-likeness (QED) is 0.723. The van der Waals surface area contributed by atoms with Crippen molar-refractivity contribution in [3.05, 3.63) is 11.8 Å². The Morgan fingerprint density at radius 1 is 1.54 bits per heavy atom. The molecule has 2 nitrogen and oxygen atoms in total. The Balaban J connectivity index is 1.77. The smallest absolute Gasteiger partial charge is 0.0639 e. The fourth-order valence-electron chi connectivity index (χ4n) is 1.86. The van der Waals surface area contributed by atoms with Crippen LogP contribution in [0.3, 0.4) is 0 Å². The third-order valence-corrected chi connectivity index (χ3v) is 3.05. The van der Waals surface area contributed by atoms with Gasteiger partial charge in [-0.25, -0.2) is 0 Å². The van der Waals surface area contributed by atoms with Gasteiger partial charge in [0.1, 0.15) is 0 Å². The van der Waals surface area contributed by atoms with Gasteiger partial charge < -0.3 is 10.5 Å². The molecule has 2 atom stereocenters. The van der Waals surface area contributed by atoms with Crippen molar-refractivity contribution >= 4 is 0 Å². The van der Waals surface area contributed by atoms with Gasteiger partial charge >= 0.3 is 0 Å². The Kier molecular flexibility index (Phi) is 2.58. The molecule has 0 spiro atoms. The first-order chi connectivity index (χ1) is 6.25. The maximum atomic E-state index is 5.87. The minimum Gasteiger partial charge on any atom is -0.402 e. The predicted octanol–water partition coefficient (Wildman–Crippen LogP) is 2.05. The summed E-state index contributed by atoms with van der Waals surface area (Å²) < 4.78 is 5.87. The molecule has 0 bridgehead atoms. The molecule has 2 heteroatoms. The Labute approximate surface area is 80.1 Å². The van der Waals surface area contributed by atoms with E-state index in [-0.39, 0.29) is 0 Å². The molecule has 0 saturated heterocycles. The average molecular weight is 181 g/mol. The van der Waals surface area contributed by atoms with E-state index in [0.717, 1.165) is 31.1 Å². The summed E-state index contributed by atoms with van der Waals surface area (Å²) in [7, 11) is 0. The van der Waals surface area contributed by atoms with Crippen LogP contribution in [0.15, 0.2) is 11.8 Å². The predicted molar refractivity (Wildman–Crippen MR) is 53.1 cm³/mol. The summed E-state index contributed by atoms with van der Waals surface area (Å²) >= 11 is 0. The Hall–Kier alpha value is -0.500. The summed E-state index contributed by atoms with van der Waals surface area (Å²) in [5.74, 6) is 1.47. The Morgan fingerprint density at radius 2 is 2.31 bits per heavy atom. The minimum atomic E-state index is 0.424. The lowest BCUT2D eigenvalue weighted by atomic mass is 9.91. The number of nitrogens with two attached hydrogens (primary N) is 1. The molecule has 0 aromatic carbocycles. The Bertz CT molecular complexity index is 208. The second-order valence-corrected chi connectivity index (χ2v) is 4.51. The van der Waals surface area contributed by atoms with Crippen molar-refractivity contribution in [1.82, 2.24) is 0 Å². The van der Waals surface area contributed by atoms with E-state index in [1.807, 2.05) is 0 Å². The van der Waals surface area contributed by atoms with Crippen LogP contribution >= 0.6 is 0 Å². The maximum Gasteiger partial charge on any atom is 0.0639 e. The molecule has 1 fully saturated rings.